The molecule has 8 heteroatoms. The van der Waals surface area contributed by atoms with Gasteiger partial charge in [0.2, 0.25) is 11.5 Å². The molecule has 2 rings (SSSR count). The molecule has 0 aliphatic carbocycles. The van der Waals surface area contributed by atoms with Gasteiger partial charge in [0.25, 0.3) is 0 Å². The van der Waals surface area contributed by atoms with Gasteiger partial charge in [-0.15, -0.1) is 0 Å². The molecule has 7 nitrogen and oxygen atoms in total. The lowest BCUT2D eigenvalue weighted by Crippen LogP contribution is -2.24. The van der Waals surface area contributed by atoms with Gasteiger partial charge in [-0.2, -0.15) is 0 Å². The summed E-state index contributed by atoms with van der Waals surface area (Å²) in [5.41, 5.74) is 0.329. The Morgan fingerprint density at radius 3 is 2.41 bits per heavy atom. The molecular formula is C14H10ClNO6. The van der Waals surface area contributed by atoms with E-state index >= 15 is 0 Å². The van der Waals surface area contributed by atoms with E-state index in [4.69, 9.17) is 20.8 Å². The van der Waals surface area contributed by atoms with Crippen LogP contribution in [0, 0.1) is 10.1 Å². The summed E-state index contributed by atoms with van der Waals surface area (Å²) in [4.78, 5) is 33.5. The highest BCUT2D eigenvalue weighted by Gasteiger charge is 2.24. The van der Waals surface area contributed by atoms with Crippen LogP contribution in [0.2, 0.25) is 5.02 Å². The number of esters is 1. The Morgan fingerprint density at radius 1 is 1.23 bits per heavy atom. The second-order valence-corrected chi connectivity index (χ2v) is 4.75. The van der Waals surface area contributed by atoms with Crippen LogP contribution in [0.1, 0.15) is 27.8 Å². The highest BCUT2D eigenvalue weighted by molar-refractivity contribution is 6.30. The first-order chi connectivity index (χ1) is 10.4. The minimum Gasteiger partial charge on any atom is -0.448 e. The van der Waals surface area contributed by atoms with Crippen molar-refractivity contribution in [3.05, 3.63) is 62.9 Å². The second kappa shape index (κ2) is 6.40. The molecule has 0 spiro atoms. The maximum Gasteiger partial charge on any atom is 0.433 e. The van der Waals surface area contributed by atoms with Crippen molar-refractivity contribution in [3.8, 4) is 0 Å². The van der Waals surface area contributed by atoms with Crippen LogP contribution in [0.4, 0.5) is 5.88 Å². The highest BCUT2D eigenvalue weighted by atomic mass is 35.5. The Hall–Kier alpha value is -2.67. The van der Waals surface area contributed by atoms with E-state index in [0.29, 0.717) is 10.6 Å². The number of hydrogen-bond acceptors (Lipinski definition) is 6. The monoisotopic (exact) mass is 323 g/mol. The van der Waals surface area contributed by atoms with Crippen molar-refractivity contribution in [2.75, 3.05) is 0 Å². The van der Waals surface area contributed by atoms with Crippen molar-refractivity contribution < 1.29 is 23.7 Å². The van der Waals surface area contributed by atoms with Gasteiger partial charge in [-0.3, -0.25) is 14.9 Å². The molecule has 0 unspecified atom stereocenters. The van der Waals surface area contributed by atoms with E-state index in [2.05, 4.69) is 0 Å². The van der Waals surface area contributed by atoms with E-state index < -0.39 is 28.7 Å². The number of Topliss-reactive ketones (excluding diaryl/α,β-unsaturated/α-hetero) is 1. The maximum absolute atomic E-state index is 12.1. The number of ketones is 1. The van der Waals surface area contributed by atoms with Crippen molar-refractivity contribution >= 4 is 29.2 Å². The van der Waals surface area contributed by atoms with Crippen LogP contribution < -0.4 is 0 Å². The number of carbonyl (C=O) groups is 2. The first kappa shape index (κ1) is 15.7. The molecule has 0 saturated carbocycles. The van der Waals surface area contributed by atoms with Gasteiger partial charge >= 0.3 is 11.9 Å². The number of halogens is 1. The fourth-order valence-corrected chi connectivity index (χ4v) is 1.78. The highest BCUT2D eigenvalue weighted by Crippen LogP contribution is 2.18. The molecule has 1 atom stereocenters. The molecule has 1 aromatic carbocycles. The summed E-state index contributed by atoms with van der Waals surface area (Å²) in [5.74, 6) is -2.31. The van der Waals surface area contributed by atoms with Gasteiger partial charge in [0.1, 0.15) is 4.92 Å². The average molecular weight is 324 g/mol. The largest absolute Gasteiger partial charge is 0.448 e. The Balaban J connectivity index is 2.05. The maximum atomic E-state index is 12.1. The molecule has 0 aliphatic heterocycles. The van der Waals surface area contributed by atoms with Crippen LogP contribution in [0.3, 0.4) is 0 Å². The lowest BCUT2D eigenvalue weighted by atomic mass is 10.1. The van der Waals surface area contributed by atoms with Crippen molar-refractivity contribution in [1.82, 2.24) is 0 Å². The number of benzene rings is 1. The standard InChI is InChI=1S/C14H10ClNO6/c1-8(13(17)9-2-4-10(15)5-3-9)21-14(18)11-6-7-12(22-11)16(19)20/h2-8H,1H3/t8-/m0/s1. The zero-order valence-corrected chi connectivity index (χ0v) is 12.1. The van der Waals surface area contributed by atoms with Gasteiger partial charge < -0.3 is 9.15 Å². The minimum absolute atomic E-state index is 0.329. The van der Waals surface area contributed by atoms with Crippen molar-refractivity contribution in [1.29, 1.82) is 0 Å². The van der Waals surface area contributed by atoms with E-state index in [1.165, 1.54) is 19.1 Å². The molecule has 22 heavy (non-hydrogen) atoms. The fraction of sp³-hybridized carbons (Fsp3) is 0.143. The Labute approximate surface area is 129 Å². The third-order valence-corrected chi connectivity index (χ3v) is 3.01. The first-order valence-corrected chi connectivity index (χ1v) is 6.51. The SMILES string of the molecule is C[C@H](OC(=O)c1ccc([N+](=O)[O-])o1)C(=O)c1ccc(Cl)cc1. The van der Waals surface area contributed by atoms with Gasteiger partial charge in [-0.05, 0) is 37.3 Å². The smallest absolute Gasteiger partial charge is 0.433 e. The summed E-state index contributed by atoms with van der Waals surface area (Å²) in [6.07, 6.45) is -1.07. The number of furan rings is 1. The zero-order chi connectivity index (χ0) is 16.3. The Morgan fingerprint density at radius 2 is 1.86 bits per heavy atom. The zero-order valence-electron chi connectivity index (χ0n) is 11.3. The predicted octanol–water partition coefficient (Wildman–Crippen LogP) is 3.27. The summed E-state index contributed by atoms with van der Waals surface area (Å²) in [7, 11) is 0. The summed E-state index contributed by atoms with van der Waals surface area (Å²) < 4.78 is 9.64. The third-order valence-electron chi connectivity index (χ3n) is 2.75. The van der Waals surface area contributed by atoms with E-state index in [0.717, 1.165) is 12.1 Å². The van der Waals surface area contributed by atoms with Crippen molar-refractivity contribution in [2.45, 2.75) is 13.0 Å². The molecule has 0 amide bonds. The molecule has 114 valence electrons. The third kappa shape index (κ3) is 3.50. The van der Waals surface area contributed by atoms with Crippen LogP contribution in [-0.2, 0) is 4.74 Å². The number of ether oxygens (including phenoxy) is 1. The van der Waals surface area contributed by atoms with Crippen molar-refractivity contribution in [2.24, 2.45) is 0 Å². The topological polar surface area (TPSA) is 99.7 Å². The summed E-state index contributed by atoms with van der Waals surface area (Å²) in [6.45, 7) is 1.40. The van der Waals surface area contributed by atoms with E-state index in [1.54, 1.807) is 12.1 Å². The van der Waals surface area contributed by atoms with Gasteiger partial charge in [-0.25, -0.2) is 4.79 Å². The summed E-state index contributed by atoms with van der Waals surface area (Å²) >= 11 is 5.72. The first-order valence-electron chi connectivity index (χ1n) is 6.13. The molecule has 0 saturated heterocycles. The molecule has 1 aromatic heterocycles. The number of carbonyl (C=O) groups excluding carboxylic acids is 2. The number of nitrogens with zero attached hydrogens (tertiary/aromatic N) is 1. The van der Waals surface area contributed by atoms with E-state index in [9.17, 15) is 19.7 Å². The number of nitro groups is 1. The molecule has 0 aliphatic rings. The van der Waals surface area contributed by atoms with Crippen LogP contribution in [0.5, 0.6) is 0 Å². The van der Waals surface area contributed by atoms with E-state index in [1.807, 2.05) is 0 Å². The molecule has 0 bridgehead atoms. The lowest BCUT2D eigenvalue weighted by Gasteiger charge is -2.11. The molecule has 0 N–H and O–H groups in total. The minimum atomic E-state index is -1.07. The quantitative estimate of drug-likeness (QED) is 0.362. The van der Waals surface area contributed by atoms with Crippen LogP contribution in [0.15, 0.2) is 40.8 Å². The number of rotatable bonds is 5. The van der Waals surface area contributed by atoms with Crippen LogP contribution in [0.25, 0.3) is 0 Å². The normalized spacial score (nSPS) is 11.7. The molecular weight excluding hydrogens is 314 g/mol. The lowest BCUT2D eigenvalue weighted by molar-refractivity contribution is -0.402. The van der Waals surface area contributed by atoms with Gasteiger partial charge in [-0.1, -0.05) is 11.6 Å². The molecule has 0 radical (unpaired) electrons. The molecule has 0 fully saturated rings. The second-order valence-electron chi connectivity index (χ2n) is 4.31. The summed E-state index contributed by atoms with van der Waals surface area (Å²) in [5, 5.41) is 11.0. The van der Waals surface area contributed by atoms with Crippen LogP contribution >= 0.6 is 11.6 Å². The Kier molecular flexibility index (Phi) is 4.57. The van der Waals surface area contributed by atoms with Gasteiger partial charge in [0.05, 0.1) is 6.07 Å². The van der Waals surface area contributed by atoms with E-state index in [-0.39, 0.29) is 5.76 Å². The fourth-order valence-electron chi connectivity index (χ4n) is 1.66. The summed E-state index contributed by atoms with van der Waals surface area (Å²) in [6, 6.07) is 8.24. The molecule has 2 aromatic rings. The molecule has 1 heterocycles. The van der Waals surface area contributed by atoms with Gasteiger partial charge in [0, 0.05) is 10.6 Å². The van der Waals surface area contributed by atoms with Crippen LogP contribution in [-0.4, -0.2) is 22.8 Å². The average Bonchev–Trinajstić information content (AvgIpc) is 2.97. The number of hydrogen-bond donors (Lipinski definition) is 0. The van der Waals surface area contributed by atoms with Gasteiger partial charge in [0.15, 0.2) is 6.10 Å². The Bertz CT molecular complexity index is 721. The van der Waals surface area contributed by atoms with Crippen molar-refractivity contribution in [3.63, 3.8) is 0 Å². The predicted molar refractivity (Wildman–Crippen MR) is 76.0 cm³/mol.